The van der Waals surface area contributed by atoms with Crippen LogP contribution in [0.15, 0.2) is 24.3 Å². The van der Waals surface area contributed by atoms with Gasteiger partial charge in [-0.3, -0.25) is 14.9 Å². The minimum atomic E-state index is -3.39. The molecule has 1 aromatic rings. The highest BCUT2D eigenvalue weighted by atomic mass is 32.2. The van der Waals surface area contributed by atoms with Gasteiger partial charge in [-0.15, -0.1) is 0 Å². The van der Waals surface area contributed by atoms with E-state index in [2.05, 4.69) is 20.9 Å². The number of hydrogen-bond donors (Lipinski definition) is 4. The third-order valence-electron chi connectivity index (χ3n) is 3.64. The molecule has 3 amide bonds. The predicted octanol–water partition coefficient (Wildman–Crippen LogP) is 1.79. The van der Waals surface area contributed by atoms with Crippen molar-refractivity contribution in [2.75, 3.05) is 15.8 Å². The Morgan fingerprint density at radius 1 is 1.17 bits per heavy atom. The number of benzene rings is 1. The normalized spacial score (nSPS) is 14.4. The quantitative estimate of drug-likeness (QED) is 0.583. The monoisotopic (exact) mass is 354 g/mol. The van der Waals surface area contributed by atoms with E-state index in [0.29, 0.717) is 17.8 Å². The van der Waals surface area contributed by atoms with Gasteiger partial charge in [0.2, 0.25) is 15.9 Å². The number of nitrogens with one attached hydrogen (secondary N) is 4. The fourth-order valence-corrected chi connectivity index (χ4v) is 3.34. The molecule has 132 valence electrons. The molecule has 0 bridgehead atoms. The van der Waals surface area contributed by atoms with Crippen molar-refractivity contribution >= 4 is 33.3 Å². The molecule has 0 atom stereocenters. The number of hydrogen-bond acceptors (Lipinski definition) is 4. The van der Waals surface area contributed by atoms with Gasteiger partial charge in [-0.2, -0.15) is 0 Å². The van der Waals surface area contributed by atoms with Crippen molar-refractivity contribution < 1.29 is 18.0 Å². The average Bonchev–Trinajstić information content (AvgIpc) is 2.43. The second kappa shape index (κ2) is 8.00. The molecule has 1 saturated carbocycles. The van der Waals surface area contributed by atoms with Crippen molar-refractivity contribution in [3.63, 3.8) is 0 Å². The van der Waals surface area contributed by atoms with Crippen LogP contribution in [0.2, 0.25) is 0 Å². The van der Waals surface area contributed by atoms with Crippen LogP contribution >= 0.6 is 0 Å². The van der Waals surface area contributed by atoms with Crippen LogP contribution in [0, 0.1) is 5.92 Å². The van der Waals surface area contributed by atoms with E-state index in [1.54, 1.807) is 25.1 Å². The molecular formula is C15H22N4O4S. The summed E-state index contributed by atoms with van der Waals surface area (Å²) in [6.07, 6.45) is 3.23. The molecule has 0 aromatic heterocycles. The Balaban J connectivity index is 1.86. The van der Waals surface area contributed by atoms with Gasteiger partial charge in [0.05, 0.1) is 11.4 Å². The van der Waals surface area contributed by atoms with Crippen molar-refractivity contribution in [3.8, 4) is 0 Å². The summed E-state index contributed by atoms with van der Waals surface area (Å²) in [7, 11) is -3.39. The summed E-state index contributed by atoms with van der Waals surface area (Å²) < 4.78 is 25.9. The predicted molar refractivity (Wildman–Crippen MR) is 91.8 cm³/mol. The average molecular weight is 354 g/mol. The Morgan fingerprint density at radius 3 is 2.50 bits per heavy atom. The lowest BCUT2D eigenvalue weighted by Crippen LogP contribution is -2.47. The Labute approximate surface area is 141 Å². The van der Waals surface area contributed by atoms with Gasteiger partial charge < -0.3 is 5.32 Å². The Bertz CT molecular complexity index is 701. The fourth-order valence-electron chi connectivity index (χ4n) is 2.21. The molecule has 0 aliphatic heterocycles. The van der Waals surface area contributed by atoms with Gasteiger partial charge in [0, 0.05) is 11.6 Å². The first kappa shape index (κ1) is 18.1. The number of amides is 3. The number of anilines is 2. The fraction of sp³-hybridized carbons (Fsp3) is 0.467. The highest BCUT2D eigenvalue weighted by Gasteiger charge is 2.25. The van der Waals surface area contributed by atoms with Crippen LogP contribution in [-0.4, -0.2) is 26.1 Å². The largest absolute Gasteiger partial charge is 0.337 e. The topological polar surface area (TPSA) is 116 Å². The summed E-state index contributed by atoms with van der Waals surface area (Å²) in [5.74, 6) is -0.197. The number of carbonyl (C=O) groups excluding carboxylic acids is 2. The van der Waals surface area contributed by atoms with Crippen LogP contribution in [0.25, 0.3) is 0 Å². The lowest BCUT2D eigenvalue weighted by atomic mass is 9.85. The van der Waals surface area contributed by atoms with Gasteiger partial charge >= 0.3 is 6.03 Å². The highest BCUT2D eigenvalue weighted by molar-refractivity contribution is 7.92. The number of sulfonamides is 1. The third kappa shape index (κ3) is 5.41. The van der Waals surface area contributed by atoms with Gasteiger partial charge in [-0.1, -0.05) is 19.4 Å². The first-order valence-corrected chi connectivity index (χ1v) is 9.52. The standard InChI is InChI=1S/C15H22N4O4S/c1-2-9-24(22,23)19-13-8-4-7-12(10-13)16-15(21)18-17-14(20)11-5-3-6-11/h4,7-8,10-11,19H,2-3,5-6,9H2,1H3,(H,17,20)(H2,16,18,21). The molecule has 1 aromatic carbocycles. The molecule has 24 heavy (non-hydrogen) atoms. The molecule has 4 N–H and O–H groups in total. The molecular weight excluding hydrogens is 332 g/mol. The smallest absolute Gasteiger partial charge is 0.307 e. The summed E-state index contributed by atoms with van der Waals surface area (Å²) in [6, 6.07) is 5.73. The number of carbonyl (C=O) groups is 2. The molecule has 9 heteroatoms. The molecule has 0 unspecified atom stereocenters. The summed E-state index contributed by atoms with van der Waals surface area (Å²) in [4.78, 5) is 23.4. The van der Waals surface area contributed by atoms with Crippen molar-refractivity contribution in [1.29, 1.82) is 0 Å². The summed E-state index contributed by atoms with van der Waals surface area (Å²) in [6.45, 7) is 1.78. The van der Waals surface area contributed by atoms with Gasteiger partial charge in [0.25, 0.3) is 0 Å². The maximum Gasteiger partial charge on any atom is 0.337 e. The van der Waals surface area contributed by atoms with Crippen molar-refractivity contribution in [2.24, 2.45) is 5.92 Å². The SMILES string of the molecule is CCCS(=O)(=O)Nc1cccc(NC(=O)NNC(=O)C2CCC2)c1. The van der Waals surface area contributed by atoms with Crippen LogP contribution in [0.1, 0.15) is 32.6 Å². The first-order chi connectivity index (χ1) is 11.4. The van der Waals surface area contributed by atoms with Crippen molar-refractivity contribution in [1.82, 2.24) is 10.9 Å². The summed E-state index contributed by atoms with van der Waals surface area (Å²) in [5, 5.41) is 2.53. The second-order valence-electron chi connectivity index (χ2n) is 5.70. The van der Waals surface area contributed by atoms with Crippen LogP contribution in [0.4, 0.5) is 16.2 Å². The van der Waals surface area contributed by atoms with Crippen LogP contribution in [-0.2, 0) is 14.8 Å². The van der Waals surface area contributed by atoms with Crippen molar-refractivity contribution in [3.05, 3.63) is 24.3 Å². The Kier molecular flexibility index (Phi) is 6.02. The second-order valence-corrected chi connectivity index (χ2v) is 7.54. The molecule has 1 fully saturated rings. The summed E-state index contributed by atoms with van der Waals surface area (Å²) in [5.41, 5.74) is 5.41. The van der Waals surface area contributed by atoms with Crippen LogP contribution < -0.4 is 20.9 Å². The van der Waals surface area contributed by atoms with Gasteiger partial charge in [-0.05, 0) is 37.5 Å². The van der Waals surface area contributed by atoms with Gasteiger partial charge in [0.1, 0.15) is 0 Å². The lowest BCUT2D eigenvalue weighted by molar-refractivity contribution is -0.128. The molecule has 0 saturated heterocycles. The van der Waals surface area contributed by atoms with Gasteiger partial charge in [-0.25, -0.2) is 18.6 Å². The minimum absolute atomic E-state index is 0.0261. The number of urea groups is 1. The van der Waals surface area contributed by atoms with Crippen LogP contribution in [0.5, 0.6) is 0 Å². The van der Waals surface area contributed by atoms with E-state index >= 15 is 0 Å². The molecule has 8 nitrogen and oxygen atoms in total. The maximum atomic E-state index is 11.8. The first-order valence-electron chi connectivity index (χ1n) is 7.87. The van der Waals surface area contributed by atoms with E-state index in [1.807, 2.05) is 0 Å². The van der Waals surface area contributed by atoms with E-state index in [1.165, 1.54) is 6.07 Å². The van der Waals surface area contributed by atoms with E-state index in [0.717, 1.165) is 19.3 Å². The molecule has 0 heterocycles. The highest BCUT2D eigenvalue weighted by Crippen LogP contribution is 2.25. The molecule has 0 spiro atoms. The lowest BCUT2D eigenvalue weighted by Gasteiger charge is -2.24. The zero-order valence-corrected chi connectivity index (χ0v) is 14.3. The molecule has 2 rings (SSSR count). The zero-order valence-electron chi connectivity index (χ0n) is 13.5. The molecule has 1 aliphatic rings. The van der Waals surface area contributed by atoms with Crippen LogP contribution in [0.3, 0.4) is 0 Å². The van der Waals surface area contributed by atoms with E-state index in [9.17, 15) is 18.0 Å². The maximum absolute atomic E-state index is 11.8. The molecule has 1 aliphatic carbocycles. The zero-order chi connectivity index (χ0) is 17.6. The van der Waals surface area contributed by atoms with Crippen molar-refractivity contribution in [2.45, 2.75) is 32.6 Å². The summed E-state index contributed by atoms with van der Waals surface area (Å²) >= 11 is 0. The molecule has 0 radical (unpaired) electrons. The van der Waals surface area contributed by atoms with E-state index < -0.39 is 16.1 Å². The van der Waals surface area contributed by atoms with E-state index in [-0.39, 0.29) is 17.6 Å². The Morgan fingerprint density at radius 2 is 1.88 bits per heavy atom. The van der Waals surface area contributed by atoms with Gasteiger partial charge in [0.15, 0.2) is 0 Å². The number of hydrazine groups is 1. The Hall–Kier alpha value is -2.29. The van der Waals surface area contributed by atoms with E-state index in [4.69, 9.17) is 0 Å². The number of rotatable bonds is 6. The third-order valence-corrected chi connectivity index (χ3v) is 5.13. The minimum Gasteiger partial charge on any atom is -0.307 e.